The third kappa shape index (κ3) is 3.76. The molecule has 0 saturated carbocycles. The maximum Gasteiger partial charge on any atom is 0.326 e. The molecule has 19 heavy (non-hydrogen) atoms. The number of hydrogen-bond acceptors (Lipinski definition) is 2. The molecule has 1 amide bonds. The van der Waals surface area contributed by atoms with E-state index in [1.165, 1.54) is 12.1 Å². The minimum Gasteiger partial charge on any atom is -0.480 e. The third-order valence-corrected chi connectivity index (χ3v) is 3.24. The third-order valence-electron chi connectivity index (χ3n) is 2.58. The molecule has 2 N–H and O–H groups in total. The Labute approximate surface area is 119 Å². The fraction of sp³-hybridized carbons (Fsp3) is 0.385. The van der Waals surface area contributed by atoms with Crippen LogP contribution >= 0.6 is 15.9 Å². The van der Waals surface area contributed by atoms with Crippen molar-refractivity contribution in [2.75, 3.05) is 0 Å². The zero-order valence-corrected chi connectivity index (χ0v) is 12.4. The van der Waals surface area contributed by atoms with Gasteiger partial charge in [-0.15, -0.1) is 0 Å². The highest BCUT2D eigenvalue weighted by Crippen LogP contribution is 2.23. The lowest BCUT2D eigenvalue weighted by Gasteiger charge is -2.27. The lowest BCUT2D eigenvalue weighted by atomic mass is 9.86. The Balaban J connectivity index is 3.05. The molecule has 0 spiro atoms. The van der Waals surface area contributed by atoms with Gasteiger partial charge in [-0.05, 0) is 33.5 Å². The van der Waals surface area contributed by atoms with E-state index in [4.69, 9.17) is 5.11 Å². The zero-order chi connectivity index (χ0) is 14.8. The Bertz CT molecular complexity index is 491. The molecular weight excluding hydrogens is 317 g/mol. The van der Waals surface area contributed by atoms with E-state index in [-0.39, 0.29) is 10.0 Å². The SMILES string of the molecule is CC(C)(C)[C@H](NC(=O)c1c(F)cccc1Br)C(=O)O. The summed E-state index contributed by atoms with van der Waals surface area (Å²) in [6, 6.07) is 3.01. The number of benzene rings is 1. The van der Waals surface area contributed by atoms with E-state index in [0.717, 1.165) is 6.07 Å². The molecule has 0 aromatic heterocycles. The first-order valence-corrected chi connectivity index (χ1v) is 6.41. The largest absolute Gasteiger partial charge is 0.480 e. The summed E-state index contributed by atoms with van der Waals surface area (Å²) >= 11 is 3.08. The Morgan fingerprint density at radius 1 is 1.37 bits per heavy atom. The molecule has 0 aliphatic carbocycles. The summed E-state index contributed by atoms with van der Waals surface area (Å²) in [7, 11) is 0. The van der Waals surface area contributed by atoms with Crippen LogP contribution in [0, 0.1) is 11.2 Å². The van der Waals surface area contributed by atoms with Gasteiger partial charge in [-0.2, -0.15) is 0 Å². The van der Waals surface area contributed by atoms with Crippen molar-refractivity contribution in [1.82, 2.24) is 5.32 Å². The molecule has 1 atom stereocenters. The number of nitrogens with one attached hydrogen (secondary N) is 1. The van der Waals surface area contributed by atoms with Crippen LogP contribution in [0.1, 0.15) is 31.1 Å². The first-order chi connectivity index (χ1) is 8.64. The molecule has 0 unspecified atom stereocenters. The van der Waals surface area contributed by atoms with Gasteiger partial charge in [0.05, 0.1) is 5.56 Å². The Morgan fingerprint density at radius 3 is 2.37 bits per heavy atom. The van der Waals surface area contributed by atoms with E-state index >= 15 is 0 Å². The standard InChI is InChI=1S/C13H15BrFNO3/c1-13(2,3)10(12(18)19)16-11(17)9-7(14)5-4-6-8(9)15/h4-6,10H,1-3H3,(H,16,17)(H,18,19)/t10-/m1/s1. The van der Waals surface area contributed by atoms with Gasteiger partial charge in [-0.3, -0.25) is 4.79 Å². The van der Waals surface area contributed by atoms with Crippen molar-refractivity contribution in [3.05, 3.63) is 34.1 Å². The minimum absolute atomic E-state index is 0.196. The molecule has 0 radical (unpaired) electrons. The highest BCUT2D eigenvalue weighted by Gasteiger charge is 2.33. The number of carbonyl (C=O) groups excluding carboxylic acids is 1. The second kappa shape index (κ2) is 5.69. The van der Waals surface area contributed by atoms with Gasteiger partial charge in [-0.1, -0.05) is 26.8 Å². The summed E-state index contributed by atoms with van der Waals surface area (Å²) in [6.45, 7) is 5.05. The topological polar surface area (TPSA) is 66.4 Å². The molecule has 1 rings (SSSR count). The van der Waals surface area contributed by atoms with Gasteiger partial charge >= 0.3 is 5.97 Å². The van der Waals surface area contributed by atoms with Gasteiger partial charge in [0.1, 0.15) is 11.9 Å². The summed E-state index contributed by atoms with van der Waals surface area (Å²) in [4.78, 5) is 23.2. The van der Waals surface area contributed by atoms with Crippen LogP contribution in [0.25, 0.3) is 0 Å². The lowest BCUT2D eigenvalue weighted by molar-refractivity contribution is -0.142. The van der Waals surface area contributed by atoms with Gasteiger partial charge in [0.2, 0.25) is 0 Å². The normalized spacial score (nSPS) is 12.9. The molecule has 0 fully saturated rings. The maximum atomic E-state index is 13.6. The second-order valence-electron chi connectivity index (χ2n) is 5.21. The van der Waals surface area contributed by atoms with E-state index < -0.39 is 29.2 Å². The highest BCUT2D eigenvalue weighted by molar-refractivity contribution is 9.10. The highest BCUT2D eigenvalue weighted by atomic mass is 79.9. The molecule has 104 valence electrons. The van der Waals surface area contributed by atoms with Crippen LogP contribution in [0.2, 0.25) is 0 Å². The van der Waals surface area contributed by atoms with E-state index in [9.17, 15) is 14.0 Å². The van der Waals surface area contributed by atoms with Crippen LogP contribution in [0.4, 0.5) is 4.39 Å². The van der Waals surface area contributed by atoms with Gasteiger partial charge in [0, 0.05) is 4.47 Å². The maximum absolute atomic E-state index is 13.6. The van der Waals surface area contributed by atoms with Crippen molar-refractivity contribution in [1.29, 1.82) is 0 Å². The summed E-state index contributed by atoms with van der Waals surface area (Å²) in [5.74, 6) is -2.62. The number of aliphatic carboxylic acids is 1. The van der Waals surface area contributed by atoms with E-state index in [2.05, 4.69) is 21.2 Å². The second-order valence-corrected chi connectivity index (χ2v) is 6.06. The molecule has 0 aliphatic heterocycles. The van der Waals surface area contributed by atoms with E-state index in [0.29, 0.717) is 0 Å². The monoisotopic (exact) mass is 331 g/mol. The fourth-order valence-electron chi connectivity index (χ4n) is 1.57. The van der Waals surface area contributed by atoms with Crippen LogP contribution < -0.4 is 5.32 Å². The summed E-state index contributed by atoms with van der Waals surface area (Å²) in [5, 5.41) is 11.5. The van der Waals surface area contributed by atoms with Gasteiger partial charge in [-0.25, -0.2) is 9.18 Å². The molecule has 0 aliphatic rings. The number of carbonyl (C=O) groups is 2. The van der Waals surface area contributed by atoms with Gasteiger partial charge in [0.25, 0.3) is 5.91 Å². The first-order valence-electron chi connectivity index (χ1n) is 5.62. The van der Waals surface area contributed by atoms with E-state index in [1.807, 2.05) is 0 Å². The molecular formula is C13H15BrFNO3. The zero-order valence-electron chi connectivity index (χ0n) is 10.8. The van der Waals surface area contributed by atoms with Crippen LogP contribution in [-0.2, 0) is 4.79 Å². The molecule has 1 aromatic rings. The predicted molar refractivity (Wildman–Crippen MR) is 72.4 cm³/mol. The van der Waals surface area contributed by atoms with Gasteiger partial charge < -0.3 is 10.4 Å². The summed E-state index contributed by atoms with van der Waals surface area (Å²) in [5.41, 5.74) is -0.878. The minimum atomic E-state index is -1.16. The number of rotatable bonds is 3. The Kier molecular flexibility index (Phi) is 4.68. The smallest absolute Gasteiger partial charge is 0.326 e. The van der Waals surface area contributed by atoms with Crippen molar-refractivity contribution >= 4 is 27.8 Å². The van der Waals surface area contributed by atoms with Crippen molar-refractivity contribution in [3.63, 3.8) is 0 Å². The molecule has 6 heteroatoms. The van der Waals surface area contributed by atoms with Crippen LogP contribution in [0.5, 0.6) is 0 Å². The van der Waals surface area contributed by atoms with Gasteiger partial charge in [0.15, 0.2) is 0 Å². The molecule has 4 nitrogen and oxygen atoms in total. The van der Waals surface area contributed by atoms with Crippen molar-refractivity contribution in [2.24, 2.45) is 5.41 Å². The average molecular weight is 332 g/mol. The number of halogens is 2. The lowest BCUT2D eigenvalue weighted by Crippen LogP contribution is -2.49. The molecule has 0 heterocycles. The van der Waals surface area contributed by atoms with Crippen LogP contribution in [0.3, 0.4) is 0 Å². The number of hydrogen-bond donors (Lipinski definition) is 2. The van der Waals surface area contributed by atoms with E-state index in [1.54, 1.807) is 20.8 Å². The summed E-state index contributed by atoms with van der Waals surface area (Å²) in [6.07, 6.45) is 0. The predicted octanol–water partition coefficient (Wildman–Crippen LogP) is 2.82. The molecule has 0 saturated heterocycles. The number of carboxylic acids is 1. The first kappa shape index (κ1) is 15.6. The van der Waals surface area contributed by atoms with Crippen molar-refractivity contribution in [3.8, 4) is 0 Å². The van der Waals surface area contributed by atoms with Crippen molar-refractivity contribution in [2.45, 2.75) is 26.8 Å². The Morgan fingerprint density at radius 2 is 1.95 bits per heavy atom. The Hall–Kier alpha value is -1.43. The molecule has 0 bridgehead atoms. The molecule has 1 aromatic carbocycles. The van der Waals surface area contributed by atoms with Crippen molar-refractivity contribution < 1.29 is 19.1 Å². The van der Waals surface area contributed by atoms with Crippen LogP contribution in [0.15, 0.2) is 22.7 Å². The van der Waals surface area contributed by atoms with Crippen LogP contribution in [-0.4, -0.2) is 23.0 Å². The summed E-state index contributed by atoms with van der Waals surface area (Å²) < 4.78 is 13.9. The fourth-order valence-corrected chi connectivity index (χ4v) is 2.09. The number of carboxylic acid groups (broad SMARTS) is 1. The average Bonchev–Trinajstić information content (AvgIpc) is 2.23. The quantitative estimate of drug-likeness (QED) is 0.894. The number of amides is 1.